The number of carbonyl (C=O) groups excluding carboxylic acids is 1. The Kier molecular flexibility index (Phi) is 7.25. The van der Waals surface area contributed by atoms with Crippen molar-refractivity contribution >= 4 is 33.4 Å². The van der Waals surface area contributed by atoms with Gasteiger partial charge in [-0.2, -0.15) is 0 Å². The van der Waals surface area contributed by atoms with Crippen molar-refractivity contribution in [1.82, 2.24) is 5.32 Å². The van der Waals surface area contributed by atoms with Crippen LogP contribution in [0, 0.1) is 0 Å². The molecule has 2 N–H and O–H groups in total. The van der Waals surface area contributed by atoms with Crippen LogP contribution in [0.4, 0.5) is 5.69 Å². The third kappa shape index (κ3) is 5.59. The molecule has 1 atom stereocenters. The minimum absolute atomic E-state index is 0.0515. The van der Waals surface area contributed by atoms with Gasteiger partial charge in [0.15, 0.2) is 0 Å². The zero-order valence-corrected chi connectivity index (χ0v) is 19.1. The maximum absolute atomic E-state index is 12.7. The van der Waals surface area contributed by atoms with Crippen molar-refractivity contribution in [3.8, 4) is 5.75 Å². The lowest BCUT2D eigenvalue weighted by Gasteiger charge is -2.15. The highest BCUT2D eigenvalue weighted by Crippen LogP contribution is 2.26. The second-order valence-electron chi connectivity index (χ2n) is 6.80. The number of anilines is 1. The van der Waals surface area contributed by atoms with Gasteiger partial charge in [0.1, 0.15) is 5.75 Å². The Labute approximate surface area is 187 Å². The number of ether oxygens (including phenoxy) is 1. The number of para-hydroxylation sites is 2. The van der Waals surface area contributed by atoms with Crippen molar-refractivity contribution < 1.29 is 17.9 Å². The van der Waals surface area contributed by atoms with Crippen LogP contribution < -0.4 is 14.8 Å². The molecule has 6 nitrogen and oxygen atoms in total. The summed E-state index contributed by atoms with van der Waals surface area (Å²) in [6, 6.07) is 20.4. The molecule has 0 aliphatic carbocycles. The van der Waals surface area contributed by atoms with Crippen LogP contribution in [-0.2, 0) is 10.0 Å². The lowest BCUT2D eigenvalue weighted by molar-refractivity contribution is 0.0939. The molecule has 0 saturated heterocycles. The highest BCUT2D eigenvalue weighted by atomic mass is 32.2. The van der Waals surface area contributed by atoms with Gasteiger partial charge in [-0.25, -0.2) is 8.42 Å². The Morgan fingerprint density at radius 2 is 1.61 bits per heavy atom. The first-order valence-electron chi connectivity index (χ1n) is 9.55. The zero-order valence-electron chi connectivity index (χ0n) is 17.5. The standard InChI is InChI=1S/C23H24N2O4S2/c1-16(17-8-12-19(30-3)13-9-17)24-23(26)18-10-14-20(15-11-18)31(27,28)25-21-6-4-5-7-22(21)29-2/h4-16,25H,1-3H3,(H,24,26). The fourth-order valence-electron chi connectivity index (χ4n) is 2.97. The number of thioether (sulfide) groups is 1. The maximum atomic E-state index is 12.7. The number of methoxy groups -OCH3 is 1. The molecule has 0 radical (unpaired) electrons. The third-order valence-electron chi connectivity index (χ3n) is 4.74. The van der Waals surface area contributed by atoms with E-state index < -0.39 is 10.0 Å². The van der Waals surface area contributed by atoms with Crippen LogP contribution in [0.5, 0.6) is 5.75 Å². The molecule has 3 aromatic rings. The van der Waals surface area contributed by atoms with Gasteiger partial charge in [0.25, 0.3) is 15.9 Å². The van der Waals surface area contributed by atoms with Crippen LogP contribution in [0.25, 0.3) is 0 Å². The molecule has 0 aliphatic rings. The molecule has 1 amide bonds. The SMILES string of the molecule is COc1ccccc1NS(=O)(=O)c1ccc(C(=O)NC(C)c2ccc(SC)cc2)cc1. The topological polar surface area (TPSA) is 84.5 Å². The largest absolute Gasteiger partial charge is 0.495 e. The van der Waals surface area contributed by atoms with Gasteiger partial charge in [-0.15, -0.1) is 11.8 Å². The average Bonchev–Trinajstić information content (AvgIpc) is 2.79. The Balaban J connectivity index is 1.70. The molecule has 0 saturated carbocycles. The van der Waals surface area contributed by atoms with E-state index in [0.29, 0.717) is 17.0 Å². The Morgan fingerprint density at radius 1 is 0.968 bits per heavy atom. The molecule has 0 bridgehead atoms. The van der Waals surface area contributed by atoms with Crippen molar-refractivity contribution in [2.24, 2.45) is 0 Å². The number of hydrogen-bond acceptors (Lipinski definition) is 5. The van der Waals surface area contributed by atoms with Gasteiger partial charge in [0.2, 0.25) is 0 Å². The molecular weight excluding hydrogens is 432 g/mol. The summed E-state index contributed by atoms with van der Waals surface area (Å²) in [5, 5.41) is 2.94. The lowest BCUT2D eigenvalue weighted by atomic mass is 10.1. The van der Waals surface area contributed by atoms with Crippen molar-refractivity contribution in [3.05, 3.63) is 83.9 Å². The average molecular weight is 457 g/mol. The van der Waals surface area contributed by atoms with Crippen LogP contribution in [0.15, 0.2) is 82.6 Å². The van der Waals surface area contributed by atoms with Crippen molar-refractivity contribution in [1.29, 1.82) is 0 Å². The molecule has 3 rings (SSSR count). The van der Waals surface area contributed by atoms with E-state index in [1.54, 1.807) is 36.0 Å². The number of benzene rings is 3. The summed E-state index contributed by atoms with van der Waals surface area (Å²) in [7, 11) is -2.35. The molecule has 31 heavy (non-hydrogen) atoms. The molecule has 0 fully saturated rings. The number of nitrogens with one attached hydrogen (secondary N) is 2. The van der Waals surface area contributed by atoms with Crippen LogP contribution in [0.3, 0.4) is 0 Å². The summed E-state index contributed by atoms with van der Waals surface area (Å²) in [6.45, 7) is 1.90. The number of rotatable bonds is 8. The summed E-state index contributed by atoms with van der Waals surface area (Å²) in [6.07, 6.45) is 2.01. The van der Waals surface area contributed by atoms with E-state index >= 15 is 0 Å². The van der Waals surface area contributed by atoms with Crippen molar-refractivity contribution in [2.75, 3.05) is 18.1 Å². The summed E-state index contributed by atoms with van der Waals surface area (Å²) < 4.78 is 33.1. The number of amides is 1. The van der Waals surface area contributed by atoms with Crippen LogP contribution in [0.1, 0.15) is 28.9 Å². The third-order valence-corrected chi connectivity index (χ3v) is 6.87. The van der Waals surface area contributed by atoms with Gasteiger partial charge < -0.3 is 10.1 Å². The van der Waals surface area contributed by atoms with E-state index in [-0.39, 0.29) is 16.8 Å². The summed E-state index contributed by atoms with van der Waals surface area (Å²) in [5.74, 6) is 0.143. The fourth-order valence-corrected chi connectivity index (χ4v) is 4.45. The predicted octanol–water partition coefficient (Wildman–Crippen LogP) is 4.71. The fraction of sp³-hybridized carbons (Fsp3) is 0.174. The maximum Gasteiger partial charge on any atom is 0.262 e. The van der Waals surface area contributed by atoms with Crippen LogP contribution in [-0.4, -0.2) is 27.7 Å². The van der Waals surface area contributed by atoms with Gasteiger partial charge in [-0.1, -0.05) is 24.3 Å². The molecule has 0 heterocycles. The number of sulfonamides is 1. The van der Waals surface area contributed by atoms with Crippen molar-refractivity contribution in [3.63, 3.8) is 0 Å². The predicted molar refractivity (Wildman–Crippen MR) is 124 cm³/mol. The van der Waals surface area contributed by atoms with Crippen LogP contribution >= 0.6 is 11.8 Å². The first kappa shape index (κ1) is 22.7. The van der Waals surface area contributed by atoms with E-state index in [2.05, 4.69) is 10.0 Å². The van der Waals surface area contributed by atoms with Crippen molar-refractivity contribution in [2.45, 2.75) is 22.8 Å². The molecule has 1 unspecified atom stereocenters. The molecule has 8 heteroatoms. The quantitative estimate of drug-likeness (QED) is 0.480. The molecular formula is C23H24N2O4S2. The Morgan fingerprint density at radius 3 is 2.23 bits per heavy atom. The van der Waals surface area contributed by atoms with E-state index in [1.165, 1.54) is 31.4 Å². The van der Waals surface area contributed by atoms with Gasteiger partial charge in [0.05, 0.1) is 23.7 Å². The zero-order chi connectivity index (χ0) is 22.4. The highest BCUT2D eigenvalue weighted by molar-refractivity contribution is 7.98. The number of hydrogen-bond donors (Lipinski definition) is 2. The molecule has 0 aliphatic heterocycles. The monoisotopic (exact) mass is 456 g/mol. The van der Waals surface area contributed by atoms with E-state index in [1.807, 2.05) is 37.4 Å². The van der Waals surface area contributed by atoms with Crippen LogP contribution in [0.2, 0.25) is 0 Å². The van der Waals surface area contributed by atoms with Gasteiger partial charge in [-0.05, 0) is 67.3 Å². The summed E-state index contributed by atoms with van der Waals surface area (Å²) >= 11 is 1.66. The minimum atomic E-state index is -3.82. The summed E-state index contributed by atoms with van der Waals surface area (Å²) in [4.78, 5) is 13.8. The van der Waals surface area contributed by atoms with E-state index in [0.717, 1.165) is 10.5 Å². The first-order valence-corrected chi connectivity index (χ1v) is 12.3. The van der Waals surface area contributed by atoms with E-state index in [9.17, 15) is 13.2 Å². The minimum Gasteiger partial charge on any atom is -0.495 e. The molecule has 0 spiro atoms. The van der Waals surface area contributed by atoms with Gasteiger partial charge in [0, 0.05) is 10.5 Å². The second-order valence-corrected chi connectivity index (χ2v) is 9.36. The second kappa shape index (κ2) is 9.89. The lowest BCUT2D eigenvalue weighted by Crippen LogP contribution is -2.26. The molecule has 0 aromatic heterocycles. The smallest absolute Gasteiger partial charge is 0.262 e. The molecule has 3 aromatic carbocycles. The molecule has 162 valence electrons. The Bertz CT molecular complexity index is 1140. The van der Waals surface area contributed by atoms with Gasteiger partial charge >= 0.3 is 0 Å². The number of carbonyl (C=O) groups is 1. The normalized spacial score (nSPS) is 12.1. The Hall–Kier alpha value is -2.97. The highest BCUT2D eigenvalue weighted by Gasteiger charge is 2.18. The summed E-state index contributed by atoms with van der Waals surface area (Å²) in [5.41, 5.74) is 1.71. The first-order chi connectivity index (χ1) is 14.8. The van der Waals surface area contributed by atoms with Gasteiger partial charge in [-0.3, -0.25) is 9.52 Å². The van der Waals surface area contributed by atoms with E-state index in [4.69, 9.17) is 4.74 Å².